The molecule has 29 heavy (non-hydrogen) atoms. The minimum Gasteiger partial charge on any atom is -0.481 e. The summed E-state index contributed by atoms with van der Waals surface area (Å²) in [5, 5.41) is 2.94. The maximum atomic E-state index is 13.8. The molecule has 0 aromatic heterocycles. The molecule has 1 N–H and O–H groups in total. The smallest absolute Gasteiger partial charge is 0.261 e. The van der Waals surface area contributed by atoms with Crippen molar-refractivity contribution in [2.24, 2.45) is 0 Å². The van der Waals surface area contributed by atoms with Crippen molar-refractivity contribution in [1.29, 1.82) is 0 Å². The molecule has 0 spiro atoms. The van der Waals surface area contributed by atoms with Crippen LogP contribution in [0.25, 0.3) is 0 Å². The van der Waals surface area contributed by atoms with E-state index >= 15 is 0 Å². The van der Waals surface area contributed by atoms with Gasteiger partial charge in [-0.05, 0) is 44.9 Å². The van der Waals surface area contributed by atoms with E-state index in [1.807, 2.05) is 58.0 Å². The van der Waals surface area contributed by atoms with E-state index in [1.165, 1.54) is 17.0 Å². The average molecular weight is 400 g/mol. The van der Waals surface area contributed by atoms with Gasteiger partial charge in [0, 0.05) is 12.1 Å². The first kappa shape index (κ1) is 22.4. The minimum atomic E-state index is -0.661. The van der Waals surface area contributed by atoms with Crippen molar-refractivity contribution >= 4 is 11.8 Å². The van der Waals surface area contributed by atoms with E-state index in [0.29, 0.717) is 6.42 Å². The number of ether oxygens (including phenoxy) is 1. The Balaban J connectivity index is 2.21. The summed E-state index contributed by atoms with van der Waals surface area (Å²) in [5.41, 5.74) is 0.476. The number of amides is 2. The minimum absolute atomic E-state index is 0.00713. The van der Waals surface area contributed by atoms with Gasteiger partial charge in [-0.2, -0.15) is 0 Å². The van der Waals surface area contributed by atoms with Crippen LogP contribution in [0.1, 0.15) is 39.7 Å². The van der Waals surface area contributed by atoms with E-state index in [4.69, 9.17) is 4.74 Å². The maximum Gasteiger partial charge on any atom is 0.261 e. The van der Waals surface area contributed by atoms with Gasteiger partial charge in [-0.1, -0.05) is 49.4 Å². The number of halogens is 1. The van der Waals surface area contributed by atoms with Gasteiger partial charge < -0.3 is 15.0 Å². The number of para-hydroxylation sites is 1. The van der Waals surface area contributed by atoms with Gasteiger partial charge in [0.1, 0.15) is 6.04 Å². The molecule has 5 nitrogen and oxygen atoms in total. The van der Waals surface area contributed by atoms with E-state index in [2.05, 4.69) is 5.32 Å². The highest BCUT2D eigenvalue weighted by molar-refractivity contribution is 5.88. The van der Waals surface area contributed by atoms with Crippen LogP contribution in [-0.2, 0) is 16.1 Å². The molecule has 2 aromatic rings. The molecule has 0 aliphatic carbocycles. The molecule has 0 bridgehead atoms. The highest BCUT2D eigenvalue weighted by Crippen LogP contribution is 2.17. The first-order valence-corrected chi connectivity index (χ1v) is 9.74. The lowest BCUT2D eigenvalue weighted by atomic mass is 10.1. The number of nitrogens with one attached hydrogen (secondary N) is 1. The zero-order chi connectivity index (χ0) is 21.4. The Morgan fingerprint density at radius 1 is 1.07 bits per heavy atom. The van der Waals surface area contributed by atoms with Crippen LogP contribution < -0.4 is 10.1 Å². The molecule has 2 amide bonds. The van der Waals surface area contributed by atoms with E-state index < -0.39 is 17.4 Å². The van der Waals surface area contributed by atoms with Crippen molar-refractivity contribution in [3.63, 3.8) is 0 Å². The van der Waals surface area contributed by atoms with Crippen LogP contribution in [0.3, 0.4) is 0 Å². The normalized spacial score (nSPS) is 12.2. The van der Waals surface area contributed by atoms with Crippen molar-refractivity contribution in [1.82, 2.24) is 10.2 Å². The summed E-state index contributed by atoms with van der Waals surface area (Å²) in [6, 6.07) is 14.7. The third-order valence-corrected chi connectivity index (χ3v) is 4.27. The Morgan fingerprint density at radius 2 is 1.69 bits per heavy atom. The second-order valence-corrected chi connectivity index (χ2v) is 7.89. The summed E-state index contributed by atoms with van der Waals surface area (Å²) >= 11 is 0. The van der Waals surface area contributed by atoms with E-state index in [9.17, 15) is 14.0 Å². The summed E-state index contributed by atoms with van der Waals surface area (Å²) < 4.78 is 19.2. The van der Waals surface area contributed by atoms with Gasteiger partial charge in [0.2, 0.25) is 5.91 Å². The molecule has 0 aliphatic rings. The second-order valence-electron chi connectivity index (χ2n) is 7.89. The molecule has 156 valence electrons. The van der Waals surface area contributed by atoms with Crippen molar-refractivity contribution in [3.05, 3.63) is 66.0 Å². The molecule has 0 radical (unpaired) electrons. The van der Waals surface area contributed by atoms with Crippen LogP contribution in [-0.4, -0.2) is 34.9 Å². The number of benzene rings is 2. The molecule has 1 atom stereocenters. The Bertz CT molecular complexity index is 818. The fourth-order valence-corrected chi connectivity index (χ4v) is 2.94. The first-order chi connectivity index (χ1) is 13.7. The number of carbonyl (C=O) groups excluding carboxylic acids is 2. The molecule has 2 rings (SSSR count). The predicted octanol–water partition coefficient (Wildman–Crippen LogP) is 3.93. The number of carbonyl (C=O) groups is 2. The third-order valence-electron chi connectivity index (χ3n) is 4.27. The molecule has 0 fully saturated rings. The van der Waals surface area contributed by atoms with Gasteiger partial charge in [-0.3, -0.25) is 9.59 Å². The lowest BCUT2D eigenvalue weighted by Crippen LogP contribution is -2.54. The largest absolute Gasteiger partial charge is 0.481 e. The third kappa shape index (κ3) is 6.89. The standard InChI is InChI=1S/C23H29FN2O3/c1-5-19(22(28)25-23(2,3)4)26(15-17-11-7-6-8-12-17)21(27)16-29-20-14-10-9-13-18(20)24/h6-14,19H,5,15-16H2,1-4H3,(H,25,28)/t19-/m1/s1. The van der Waals surface area contributed by atoms with Crippen LogP contribution in [0, 0.1) is 5.82 Å². The molecule has 2 aromatic carbocycles. The highest BCUT2D eigenvalue weighted by atomic mass is 19.1. The zero-order valence-electron chi connectivity index (χ0n) is 17.4. The lowest BCUT2D eigenvalue weighted by molar-refractivity contribution is -0.143. The number of nitrogens with zero attached hydrogens (tertiary/aromatic N) is 1. The van der Waals surface area contributed by atoms with Crippen molar-refractivity contribution in [3.8, 4) is 5.75 Å². The summed E-state index contributed by atoms with van der Waals surface area (Å²) in [4.78, 5) is 27.3. The monoisotopic (exact) mass is 400 g/mol. The highest BCUT2D eigenvalue weighted by Gasteiger charge is 2.30. The molecular weight excluding hydrogens is 371 g/mol. The fourth-order valence-electron chi connectivity index (χ4n) is 2.94. The fraction of sp³-hybridized carbons (Fsp3) is 0.391. The molecule has 0 saturated carbocycles. The number of rotatable bonds is 8. The van der Waals surface area contributed by atoms with Crippen LogP contribution >= 0.6 is 0 Å². The second kappa shape index (κ2) is 10.0. The summed E-state index contributed by atoms with van der Waals surface area (Å²) in [6.07, 6.45) is 0.445. The van der Waals surface area contributed by atoms with E-state index in [1.54, 1.807) is 12.1 Å². The summed E-state index contributed by atoms with van der Waals surface area (Å²) in [6.45, 7) is 7.44. The molecule has 6 heteroatoms. The Kier molecular flexibility index (Phi) is 7.76. The van der Waals surface area contributed by atoms with Gasteiger partial charge in [0.15, 0.2) is 18.2 Å². The van der Waals surface area contributed by atoms with Gasteiger partial charge in [0.25, 0.3) is 5.91 Å². The maximum absolute atomic E-state index is 13.8. The van der Waals surface area contributed by atoms with Crippen LogP contribution in [0.4, 0.5) is 4.39 Å². The summed E-state index contributed by atoms with van der Waals surface area (Å²) in [7, 11) is 0. The Labute approximate surface area is 171 Å². The molecule has 0 saturated heterocycles. The SMILES string of the molecule is CC[C@H](C(=O)NC(C)(C)C)N(Cc1ccccc1)C(=O)COc1ccccc1F. The predicted molar refractivity (Wildman–Crippen MR) is 111 cm³/mol. The van der Waals surface area contributed by atoms with Crippen molar-refractivity contribution in [2.45, 2.75) is 52.2 Å². The van der Waals surface area contributed by atoms with E-state index in [0.717, 1.165) is 5.56 Å². The van der Waals surface area contributed by atoms with Crippen LogP contribution in [0.5, 0.6) is 5.75 Å². The molecule has 0 aliphatic heterocycles. The van der Waals surface area contributed by atoms with Crippen LogP contribution in [0.2, 0.25) is 0 Å². The van der Waals surface area contributed by atoms with Gasteiger partial charge in [0.05, 0.1) is 0 Å². The van der Waals surface area contributed by atoms with Gasteiger partial charge >= 0.3 is 0 Å². The number of hydrogen-bond donors (Lipinski definition) is 1. The average Bonchev–Trinajstić information content (AvgIpc) is 2.66. The quantitative estimate of drug-likeness (QED) is 0.731. The zero-order valence-corrected chi connectivity index (χ0v) is 17.4. The van der Waals surface area contributed by atoms with Gasteiger partial charge in [-0.15, -0.1) is 0 Å². The van der Waals surface area contributed by atoms with Crippen LogP contribution in [0.15, 0.2) is 54.6 Å². The number of hydrogen-bond acceptors (Lipinski definition) is 3. The van der Waals surface area contributed by atoms with Gasteiger partial charge in [-0.25, -0.2) is 4.39 Å². The van der Waals surface area contributed by atoms with Crippen molar-refractivity contribution in [2.75, 3.05) is 6.61 Å². The van der Waals surface area contributed by atoms with E-state index in [-0.39, 0.29) is 30.7 Å². The van der Waals surface area contributed by atoms with Crippen molar-refractivity contribution < 1.29 is 18.7 Å². The topological polar surface area (TPSA) is 58.6 Å². The lowest BCUT2D eigenvalue weighted by Gasteiger charge is -2.33. The molecule has 0 unspecified atom stereocenters. The Morgan fingerprint density at radius 3 is 2.28 bits per heavy atom. The molecular formula is C23H29FN2O3. The summed E-state index contributed by atoms with van der Waals surface area (Å²) in [5.74, 6) is -1.14. The Hall–Kier alpha value is -2.89. The molecule has 0 heterocycles. The first-order valence-electron chi connectivity index (χ1n) is 9.74.